The summed E-state index contributed by atoms with van der Waals surface area (Å²) in [4.78, 5) is 15.1. The maximum atomic E-state index is 12.0. The number of nitrogens with one attached hydrogen (secondary N) is 1. The number of amides is 1. The van der Waals surface area contributed by atoms with Crippen LogP contribution in [0.2, 0.25) is 0 Å². The van der Waals surface area contributed by atoms with E-state index in [9.17, 15) is 4.79 Å². The van der Waals surface area contributed by atoms with Gasteiger partial charge in [-0.25, -0.2) is 0 Å². The second kappa shape index (κ2) is 7.18. The molecule has 0 aromatic heterocycles. The molecule has 110 valence electrons. The lowest BCUT2D eigenvalue weighted by molar-refractivity contribution is -0.113. The number of benzene rings is 2. The summed E-state index contributed by atoms with van der Waals surface area (Å²) in [6, 6.07) is 15.9. The normalized spacial score (nSPS) is 10.2. The fraction of sp³-hybridized carbons (Fsp3) is 0.235. The van der Waals surface area contributed by atoms with E-state index in [1.165, 1.54) is 5.56 Å². The largest absolute Gasteiger partial charge is 0.378 e. The molecule has 1 N–H and O–H groups in total. The molecule has 21 heavy (non-hydrogen) atoms. The summed E-state index contributed by atoms with van der Waals surface area (Å²) in [7, 11) is 3.98. The van der Waals surface area contributed by atoms with Gasteiger partial charge in [-0.15, -0.1) is 11.8 Å². The molecule has 2 rings (SSSR count). The van der Waals surface area contributed by atoms with E-state index in [1.807, 2.05) is 61.5 Å². The molecule has 0 aliphatic carbocycles. The van der Waals surface area contributed by atoms with Gasteiger partial charge < -0.3 is 10.2 Å². The Hall–Kier alpha value is -1.94. The van der Waals surface area contributed by atoms with E-state index >= 15 is 0 Å². The smallest absolute Gasteiger partial charge is 0.234 e. The van der Waals surface area contributed by atoms with Crippen molar-refractivity contribution in [3.63, 3.8) is 0 Å². The Labute approximate surface area is 130 Å². The first kappa shape index (κ1) is 15.4. The van der Waals surface area contributed by atoms with E-state index in [0.29, 0.717) is 5.75 Å². The number of carbonyl (C=O) groups excluding carboxylic acids is 1. The predicted octanol–water partition coefficient (Wildman–Crippen LogP) is 3.79. The summed E-state index contributed by atoms with van der Waals surface area (Å²) in [6.07, 6.45) is 0. The minimum atomic E-state index is 0.0147. The number of hydrogen-bond donors (Lipinski definition) is 1. The van der Waals surface area contributed by atoms with Crippen LogP contribution in [0.3, 0.4) is 0 Å². The molecule has 0 atom stereocenters. The van der Waals surface area contributed by atoms with Crippen molar-refractivity contribution < 1.29 is 4.79 Å². The van der Waals surface area contributed by atoms with Crippen LogP contribution in [0.4, 0.5) is 11.4 Å². The molecule has 0 fully saturated rings. The number of anilines is 2. The highest BCUT2D eigenvalue weighted by molar-refractivity contribution is 8.00. The highest BCUT2D eigenvalue weighted by Gasteiger charge is 2.05. The lowest BCUT2D eigenvalue weighted by atomic mass is 10.2. The van der Waals surface area contributed by atoms with Crippen molar-refractivity contribution in [3.05, 3.63) is 54.1 Å². The zero-order chi connectivity index (χ0) is 15.2. The molecule has 0 aliphatic rings. The first-order valence-corrected chi connectivity index (χ1v) is 7.80. The van der Waals surface area contributed by atoms with Crippen molar-refractivity contribution in [2.45, 2.75) is 11.8 Å². The van der Waals surface area contributed by atoms with Crippen LogP contribution < -0.4 is 10.2 Å². The van der Waals surface area contributed by atoms with Gasteiger partial charge in [-0.2, -0.15) is 0 Å². The van der Waals surface area contributed by atoms with Gasteiger partial charge in [-0.05, 0) is 42.8 Å². The Morgan fingerprint density at radius 2 is 1.76 bits per heavy atom. The standard InChI is InChI=1S/C17H20N2OS/c1-13-6-4-5-7-16(13)21-12-17(20)18-14-8-10-15(11-9-14)19(2)3/h4-11H,12H2,1-3H3,(H,18,20). The van der Waals surface area contributed by atoms with Crippen molar-refractivity contribution in [2.75, 3.05) is 30.1 Å². The summed E-state index contributed by atoms with van der Waals surface area (Å²) >= 11 is 1.56. The summed E-state index contributed by atoms with van der Waals surface area (Å²) < 4.78 is 0. The van der Waals surface area contributed by atoms with Crippen LogP contribution in [-0.4, -0.2) is 25.8 Å². The van der Waals surface area contributed by atoms with Crippen LogP contribution in [0.1, 0.15) is 5.56 Å². The van der Waals surface area contributed by atoms with Gasteiger partial charge in [0.15, 0.2) is 0 Å². The average Bonchev–Trinajstić information content (AvgIpc) is 2.47. The Bertz CT molecular complexity index is 608. The van der Waals surface area contributed by atoms with Gasteiger partial charge in [0.1, 0.15) is 0 Å². The number of nitrogens with zero attached hydrogens (tertiary/aromatic N) is 1. The van der Waals surface area contributed by atoms with Crippen LogP contribution >= 0.6 is 11.8 Å². The molecule has 0 spiro atoms. The topological polar surface area (TPSA) is 32.3 Å². The molecule has 0 saturated heterocycles. The molecule has 0 heterocycles. The first-order valence-electron chi connectivity index (χ1n) is 6.82. The molecule has 0 aliphatic heterocycles. The van der Waals surface area contributed by atoms with E-state index < -0.39 is 0 Å². The Morgan fingerprint density at radius 3 is 2.38 bits per heavy atom. The third kappa shape index (κ3) is 4.53. The molecule has 2 aromatic rings. The lowest BCUT2D eigenvalue weighted by Gasteiger charge is -2.13. The molecule has 3 nitrogen and oxygen atoms in total. The lowest BCUT2D eigenvalue weighted by Crippen LogP contribution is -2.14. The highest BCUT2D eigenvalue weighted by atomic mass is 32.2. The van der Waals surface area contributed by atoms with Crippen molar-refractivity contribution in [3.8, 4) is 0 Å². The monoisotopic (exact) mass is 300 g/mol. The third-order valence-electron chi connectivity index (χ3n) is 3.12. The molecule has 1 amide bonds. The molecular formula is C17H20N2OS. The Balaban J connectivity index is 1.88. The number of carbonyl (C=O) groups is 1. The van der Waals surface area contributed by atoms with E-state index in [2.05, 4.69) is 18.3 Å². The number of thioether (sulfide) groups is 1. The predicted molar refractivity (Wildman–Crippen MR) is 91.3 cm³/mol. The second-order valence-electron chi connectivity index (χ2n) is 5.04. The van der Waals surface area contributed by atoms with Crippen LogP contribution in [0.15, 0.2) is 53.4 Å². The third-order valence-corrected chi connectivity index (χ3v) is 4.30. The highest BCUT2D eigenvalue weighted by Crippen LogP contribution is 2.22. The maximum absolute atomic E-state index is 12.0. The molecule has 0 radical (unpaired) electrons. The van der Waals surface area contributed by atoms with Crippen LogP contribution in [0, 0.1) is 6.92 Å². The van der Waals surface area contributed by atoms with E-state index in [1.54, 1.807) is 11.8 Å². The SMILES string of the molecule is Cc1ccccc1SCC(=O)Nc1ccc(N(C)C)cc1. The quantitative estimate of drug-likeness (QED) is 0.853. The van der Waals surface area contributed by atoms with Gasteiger partial charge in [-0.3, -0.25) is 4.79 Å². The molecular weight excluding hydrogens is 280 g/mol. The van der Waals surface area contributed by atoms with Crippen molar-refractivity contribution in [2.24, 2.45) is 0 Å². The summed E-state index contributed by atoms with van der Waals surface area (Å²) in [5.41, 5.74) is 3.14. The molecule has 0 unspecified atom stereocenters. The van der Waals surface area contributed by atoms with Crippen molar-refractivity contribution >= 4 is 29.0 Å². The zero-order valence-electron chi connectivity index (χ0n) is 12.6. The van der Waals surface area contributed by atoms with Crippen LogP contribution in [0.5, 0.6) is 0 Å². The van der Waals surface area contributed by atoms with Crippen molar-refractivity contribution in [1.29, 1.82) is 0 Å². The van der Waals surface area contributed by atoms with Crippen LogP contribution in [0.25, 0.3) is 0 Å². The number of aryl methyl sites for hydroxylation is 1. The molecule has 2 aromatic carbocycles. The van der Waals surface area contributed by atoms with E-state index in [0.717, 1.165) is 16.3 Å². The summed E-state index contributed by atoms with van der Waals surface area (Å²) in [6.45, 7) is 2.06. The summed E-state index contributed by atoms with van der Waals surface area (Å²) in [5, 5.41) is 2.92. The number of hydrogen-bond acceptors (Lipinski definition) is 3. The Kier molecular flexibility index (Phi) is 5.28. The van der Waals surface area contributed by atoms with Gasteiger partial charge in [0, 0.05) is 30.4 Å². The zero-order valence-corrected chi connectivity index (χ0v) is 13.4. The van der Waals surface area contributed by atoms with Gasteiger partial charge >= 0.3 is 0 Å². The Morgan fingerprint density at radius 1 is 1.10 bits per heavy atom. The molecule has 4 heteroatoms. The first-order chi connectivity index (χ1) is 10.1. The van der Waals surface area contributed by atoms with E-state index in [4.69, 9.17) is 0 Å². The van der Waals surface area contributed by atoms with Gasteiger partial charge in [0.05, 0.1) is 5.75 Å². The fourth-order valence-electron chi connectivity index (χ4n) is 1.90. The molecule has 0 bridgehead atoms. The van der Waals surface area contributed by atoms with Crippen LogP contribution in [-0.2, 0) is 4.79 Å². The van der Waals surface area contributed by atoms with Gasteiger partial charge in [0.25, 0.3) is 0 Å². The minimum absolute atomic E-state index is 0.0147. The summed E-state index contributed by atoms with van der Waals surface area (Å²) in [5.74, 6) is 0.432. The maximum Gasteiger partial charge on any atom is 0.234 e. The number of rotatable bonds is 5. The fourth-order valence-corrected chi connectivity index (χ4v) is 2.73. The molecule has 0 saturated carbocycles. The van der Waals surface area contributed by atoms with E-state index in [-0.39, 0.29) is 5.91 Å². The average molecular weight is 300 g/mol. The minimum Gasteiger partial charge on any atom is -0.378 e. The van der Waals surface area contributed by atoms with Gasteiger partial charge in [-0.1, -0.05) is 18.2 Å². The van der Waals surface area contributed by atoms with Gasteiger partial charge in [0.2, 0.25) is 5.91 Å². The second-order valence-corrected chi connectivity index (χ2v) is 6.06. The van der Waals surface area contributed by atoms with Crippen molar-refractivity contribution in [1.82, 2.24) is 0 Å².